The third-order valence-electron chi connectivity index (χ3n) is 3.42. The van der Waals surface area contributed by atoms with Crippen molar-refractivity contribution in [2.75, 3.05) is 0 Å². The van der Waals surface area contributed by atoms with Gasteiger partial charge in [-0.25, -0.2) is 4.79 Å². The third kappa shape index (κ3) is 1.12. The van der Waals surface area contributed by atoms with E-state index in [2.05, 4.69) is 5.32 Å². The van der Waals surface area contributed by atoms with Gasteiger partial charge in [0, 0.05) is 5.41 Å². The summed E-state index contributed by atoms with van der Waals surface area (Å²) in [6.45, 7) is 7.13. The smallest absolute Gasteiger partial charge is 0.326 e. The Morgan fingerprint density at radius 1 is 1.38 bits per heavy atom. The molecular weight excluding hydrogens is 170 g/mol. The average Bonchev–Trinajstić information content (AvgIpc) is 2.10. The molecule has 4 heteroatoms. The maximum Gasteiger partial charge on any atom is 0.326 e. The van der Waals surface area contributed by atoms with Gasteiger partial charge in [-0.15, -0.1) is 0 Å². The largest absolute Gasteiger partial charge is 0.480 e. The second kappa shape index (κ2) is 2.47. The van der Waals surface area contributed by atoms with Gasteiger partial charge in [-0.1, -0.05) is 27.7 Å². The highest BCUT2D eigenvalue weighted by Crippen LogP contribution is 2.46. The monoisotopic (exact) mass is 185 g/mol. The molecule has 0 unspecified atom stereocenters. The topological polar surface area (TPSA) is 66.4 Å². The van der Waals surface area contributed by atoms with Gasteiger partial charge < -0.3 is 10.4 Å². The van der Waals surface area contributed by atoms with E-state index in [9.17, 15) is 9.59 Å². The van der Waals surface area contributed by atoms with Crippen molar-refractivity contribution in [1.82, 2.24) is 5.32 Å². The van der Waals surface area contributed by atoms with E-state index in [-0.39, 0.29) is 5.91 Å². The number of amides is 1. The molecular formula is C9H15NO3. The highest BCUT2D eigenvalue weighted by Gasteiger charge is 2.57. The van der Waals surface area contributed by atoms with E-state index in [0.717, 1.165) is 0 Å². The fourth-order valence-corrected chi connectivity index (χ4v) is 1.52. The molecule has 4 nitrogen and oxygen atoms in total. The molecule has 0 bridgehead atoms. The molecule has 1 aliphatic rings. The number of carboxylic acid groups (broad SMARTS) is 1. The van der Waals surface area contributed by atoms with E-state index >= 15 is 0 Å². The number of carboxylic acids is 1. The zero-order valence-corrected chi connectivity index (χ0v) is 8.34. The fraction of sp³-hybridized carbons (Fsp3) is 0.778. The second-order valence-electron chi connectivity index (χ2n) is 4.59. The van der Waals surface area contributed by atoms with E-state index in [1.54, 1.807) is 27.7 Å². The van der Waals surface area contributed by atoms with E-state index < -0.39 is 22.8 Å². The maximum absolute atomic E-state index is 11.5. The lowest BCUT2D eigenvalue weighted by atomic mass is 9.67. The van der Waals surface area contributed by atoms with Crippen LogP contribution < -0.4 is 5.32 Å². The van der Waals surface area contributed by atoms with E-state index in [1.165, 1.54) is 0 Å². The summed E-state index contributed by atoms with van der Waals surface area (Å²) in [6.07, 6.45) is 0. The Morgan fingerprint density at radius 3 is 2.00 bits per heavy atom. The Balaban J connectivity index is 3.11. The summed E-state index contributed by atoms with van der Waals surface area (Å²) < 4.78 is 0. The van der Waals surface area contributed by atoms with Crippen LogP contribution in [0, 0.1) is 10.8 Å². The molecule has 0 spiro atoms. The van der Waals surface area contributed by atoms with Crippen LogP contribution in [0.3, 0.4) is 0 Å². The maximum atomic E-state index is 11.5. The molecule has 0 aromatic carbocycles. The van der Waals surface area contributed by atoms with Gasteiger partial charge in [-0.2, -0.15) is 0 Å². The molecule has 1 atom stereocenters. The number of hydrogen-bond donors (Lipinski definition) is 2. The highest BCUT2D eigenvalue weighted by molar-refractivity contribution is 5.92. The second-order valence-corrected chi connectivity index (χ2v) is 4.59. The van der Waals surface area contributed by atoms with Gasteiger partial charge in [-0.3, -0.25) is 4.79 Å². The Bertz CT molecular complexity index is 268. The van der Waals surface area contributed by atoms with Crippen LogP contribution in [0.2, 0.25) is 0 Å². The summed E-state index contributed by atoms with van der Waals surface area (Å²) in [4.78, 5) is 22.3. The summed E-state index contributed by atoms with van der Waals surface area (Å²) in [5.74, 6) is -1.16. The van der Waals surface area contributed by atoms with Crippen LogP contribution >= 0.6 is 0 Å². The van der Waals surface area contributed by atoms with Crippen LogP contribution in [0.15, 0.2) is 0 Å². The van der Waals surface area contributed by atoms with Gasteiger partial charge in [0.1, 0.15) is 6.04 Å². The Labute approximate surface area is 77.3 Å². The molecule has 1 saturated heterocycles. The minimum atomic E-state index is -0.969. The van der Waals surface area contributed by atoms with Gasteiger partial charge in [0.05, 0.1) is 5.41 Å². The van der Waals surface area contributed by atoms with Crippen LogP contribution in [-0.2, 0) is 9.59 Å². The van der Waals surface area contributed by atoms with Crippen LogP contribution in [0.25, 0.3) is 0 Å². The molecule has 74 valence electrons. The van der Waals surface area contributed by atoms with Crippen molar-refractivity contribution in [3.63, 3.8) is 0 Å². The van der Waals surface area contributed by atoms with E-state index in [1.807, 2.05) is 0 Å². The van der Waals surface area contributed by atoms with Crippen molar-refractivity contribution in [3.8, 4) is 0 Å². The number of aliphatic carboxylic acids is 1. The van der Waals surface area contributed by atoms with Gasteiger partial charge in [0.2, 0.25) is 5.91 Å². The molecule has 1 aliphatic heterocycles. The first-order chi connectivity index (χ1) is 5.71. The lowest BCUT2D eigenvalue weighted by Crippen LogP contribution is -2.43. The molecule has 0 aliphatic carbocycles. The van der Waals surface area contributed by atoms with Crippen LogP contribution in [0.5, 0.6) is 0 Å². The summed E-state index contributed by atoms with van der Waals surface area (Å²) in [5.41, 5.74) is -1.19. The normalized spacial score (nSPS) is 29.8. The molecule has 13 heavy (non-hydrogen) atoms. The van der Waals surface area contributed by atoms with Crippen molar-refractivity contribution in [1.29, 1.82) is 0 Å². The van der Waals surface area contributed by atoms with E-state index in [0.29, 0.717) is 0 Å². The summed E-state index contributed by atoms with van der Waals surface area (Å²) in [5, 5.41) is 11.4. The SMILES string of the molecule is CC1(C)C(=O)N[C@H](C(=O)O)C1(C)C. The lowest BCUT2D eigenvalue weighted by Gasteiger charge is -2.33. The van der Waals surface area contributed by atoms with Crippen LogP contribution in [0.1, 0.15) is 27.7 Å². The number of nitrogens with one attached hydrogen (secondary N) is 1. The van der Waals surface area contributed by atoms with Crippen molar-refractivity contribution >= 4 is 11.9 Å². The predicted molar refractivity (Wildman–Crippen MR) is 47.1 cm³/mol. The van der Waals surface area contributed by atoms with Crippen molar-refractivity contribution in [2.45, 2.75) is 33.7 Å². The third-order valence-corrected chi connectivity index (χ3v) is 3.42. The van der Waals surface area contributed by atoms with Crippen molar-refractivity contribution < 1.29 is 14.7 Å². The molecule has 1 rings (SSSR count). The van der Waals surface area contributed by atoms with Crippen molar-refractivity contribution in [3.05, 3.63) is 0 Å². The molecule has 1 fully saturated rings. The number of rotatable bonds is 1. The average molecular weight is 185 g/mol. The summed E-state index contributed by atoms with van der Waals surface area (Å²) in [6, 6.07) is -0.782. The zero-order chi connectivity index (χ0) is 10.4. The Kier molecular flexibility index (Phi) is 1.90. The summed E-state index contributed by atoms with van der Waals surface area (Å²) >= 11 is 0. The van der Waals surface area contributed by atoms with Gasteiger partial charge in [0.25, 0.3) is 0 Å². The molecule has 0 saturated carbocycles. The summed E-state index contributed by atoms with van der Waals surface area (Å²) in [7, 11) is 0. The first kappa shape index (κ1) is 10.0. The minimum Gasteiger partial charge on any atom is -0.480 e. The molecule has 2 N–H and O–H groups in total. The first-order valence-electron chi connectivity index (χ1n) is 4.25. The van der Waals surface area contributed by atoms with Gasteiger partial charge in [0.15, 0.2) is 0 Å². The van der Waals surface area contributed by atoms with Crippen LogP contribution in [-0.4, -0.2) is 23.0 Å². The number of hydrogen-bond acceptors (Lipinski definition) is 2. The fourth-order valence-electron chi connectivity index (χ4n) is 1.52. The molecule has 0 aromatic rings. The van der Waals surface area contributed by atoms with Crippen molar-refractivity contribution in [2.24, 2.45) is 10.8 Å². The molecule has 0 radical (unpaired) electrons. The highest BCUT2D eigenvalue weighted by atomic mass is 16.4. The zero-order valence-electron chi connectivity index (χ0n) is 8.34. The van der Waals surface area contributed by atoms with Gasteiger partial charge >= 0.3 is 5.97 Å². The van der Waals surface area contributed by atoms with Crippen LogP contribution in [0.4, 0.5) is 0 Å². The molecule has 1 amide bonds. The van der Waals surface area contributed by atoms with Gasteiger partial charge in [-0.05, 0) is 0 Å². The number of carbonyl (C=O) groups is 2. The molecule has 0 aromatic heterocycles. The predicted octanol–water partition coefficient (Wildman–Crippen LogP) is 0.622. The molecule has 1 heterocycles. The minimum absolute atomic E-state index is 0.190. The van der Waals surface area contributed by atoms with E-state index in [4.69, 9.17) is 5.11 Å². The first-order valence-corrected chi connectivity index (χ1v) is 4.25. The standard InChI is InChI=1S/C9H15NO3/c1-8(2)5(6(11)12)10-7(13)9(8,3)4/h5H,1-4H3,(H,10,13)(H,11,12)/t5-/m1/s1. The Hall–Kier alpha value is -1.06. The number of carbonyl (C=O) groups excluding carboxylic acids is 1. The quantitative estimate of drug-likeness (QED) is 0.629. The Morgan fingerprint density at radius 2 is 1.85 bits per heavy atom. The lowest BCUT2D eigenvalue weighted by molar-refractivity contribution is -0.142.